The fourth-order valence-corrected chi connectivity index (χ4v) is 8.08. The summed E-state index contributed by atoms with van der Waals surface area (Å²) >= 11 is 0. The quantitative estimate of drug-likeness (QED) is 0.186. The summed E-state index contributed by atoms with van der Waals surface area (Å²) in [6.07, 6.45) is 3.94. The van der Waals surface area contributed by atoms with Gasteiger partial charge in [0.15, 0.2) is 0 Å². The van der Waals surface area contributed by atoms with Crippen molar-refractivity contribution in [3.8, 4) is 11.4 Å². The largest absolute Gasteiger partial charge is 0.309 e. The second kappa shape index (κ2) is 9.05. The first-order chi connectivity index (χ1) is 23.4. The van der Waals surface area contributed by atoms with Gasteiger partial charge in [-0.2, -0.15) is 0 Å². The summed E-state index contributed by atoms with van der Waals surface area (Å²) in [6.45, 7) is 0. The number of fused-ring (bicyclic) bond motifs is 17. The predicted molar refractivity (Wildman–Crippen MR) is 194 cm³/mol. The van der Waals surface area contributed by atoms with Gasteiger partial charge in [0, 0.05) is 56.1 Å². The molecule has 6 aromatic carbocycles. The SMILES string of the molecule is c1ccc(-n2c3ccccc3c3c4c5cnccc5n5c6ccccc6nc5c4c4c(c5ccccc5n4-c4ccccc4)c32)cc1. The summed E-state index contributed by atoms with van der Waals surface area (Å²) in [5.74, 6) is 0. The van der Waals surface area contributed by atoms with Crippen molar-refractivity contribution >= 4 is 82.0 Å². The zero-order chi connectivity index (χ0) is 30.6. The van der Waals surface area contributed by atoms with Crippen molar-refractivity contribution in [1.29, 1.82) is 0 Å². The first kappa shape index (κ1) is 24.8. The molecule has 0 saturated heterocycles. The highest BCUT2D eigenvalue weighted by atomic mass is 15.0. The van der Waals surface area contributed by atoms with Gasteiger partial charge in [0.05, 0.1) is 44.0 Å². The van der Waals surface area contributed by atoms with Crippen LogP contribution in [0.3, 0.4) is 0 Å². The van der Waals surface area contributed by atoms with Crippen molar-refractivity contribution in [2.24, 2.45) is 0 Å². The van der Waals surface area contributed by atoms with Crippen LogP contribution >= 0.6 is 0 Å². The molecule has 5 nitrogen and oxygen atoms in total. The average Bonchev–Trinajstić information content (AvgIpc) is 3.80. The van der Waals surface area contributed by atoms with Gasteiger partial charge in [-0.3, -0.25) is 9.38 Å². The molecule has 0 aliphatic carbocycles. The minimum absolute atomic E-state index is 0.948. The Labute approximate surface area is 268 Å². The molecule has 0 aliphatic heterocycles. The Kier molecular flexibility index (Phi) is 4.78. The van der Waals surface area contributed by atoms with Gasteiger partial charge >= 0.3 is 0 Å². The average molecular weight is 600 g/mol. The lowest BCUT2D eigenvalue weighted by Gasteiger charge is -2.15. The molecule has 0 atom stereocenters. The van der Waals surface area contributed by atoms with E-state index in [1.165, 1.54) is 38.0 Å². The van der Waals surface area contributed by atoms with Crippen LogP contribution < -0.4 is 0 Å². The zero-order valence-corrected chi connectivity index (χ0v) is 25.2. The van der Waals surface area contributed by atoms with Gasteiger partial charge in [0.2, 0.25) is 0 Å². The molecule has 0 bridgehead atoms. The third-order valence-corrected chi connectivity index (χ3v) is 9.84. The number of pyridine rings is 2. The highest BCUT2D eigenvalue weighted by Crippen LogP contribution is 2.49. The Bertz CT molecular complexity index is 3060. The van der Waals surface area contributed by atoms with E-state index in [1.807, 2.05) is 12.4 Å². The first-order valence-electron chi connectivity index (χ1n) is 15.9. The molecule has 0 aliphatic rings. The van der Waals surface area contributed by atoms with Crippen molar-refractivity contribution in [2.45, 2.75) is 0 Å². The number of benzene rings is 6. The summed E-state index contributed by atoms with van der Waals surface area (Å²) in [4.78, 5) is 10.2. The summed E-state index contributed by atoms with van der Waals surface area (Å²) < 4.78 is 7.24. The van der Waals surface area contributed by atoms with Crippen LogP contribution in [0.1, 0.15) is 0 Å². The molecule has 5 aromatic heterocycles. The summed E-state index contributed by atoms with van der Waals surface area (Å²) in [7, 11) is 0. The molecule has 0 fully saturated rings. The number of rotatable bonds is 2. The number of aromatic nitrogens is 5. The van der Waals surface area contributed by atoms with E-state index >= 15 is 0 Å². The first-order valence-corrected chi connectivity index (χ1v) is 15.9. The fraction of sp³-hybridized carbons (Fsp3) is 0. The van der Waals surface area contributed by atoms with Gasteiger partial charge < -0.3 is 9.13 Å². The molecule has 11 rings (SSSR count). The summed E-state index contributed by atoms with van der Waals surface area (Å²) in [5, 5.41) is 8.24. The predicted octanol–water partition coefficient (Wildman–Crippen LogP) is 10.4. The van der Waals surface area contributed by atoms with Gasteiger partial charge in [0.25, 0.3) is 0 Å². The van der Waals surface area contributed by atoms with Crippen molar-refractivity contribution in [1.82, 2.24) is 23.5 Å². The van der Waals surface area contributed by atoms with Crippen LogP contribution in [0.25, 0.3) is 93.3 Å². The lowest BCUT2D eigenvalue weighted by Crippen LogP contribution is -1.99. The van der Waals surface area contributed by atoms with Crippen LogP contribution in [-0.2, 0) is 0 Å². The molecule has 5 heterocycles. The minimum Gasteiger partial charge on any atom is -0.309 e. The second-order valence-electron chi connectivity index (χ2n) is 12.2. The maximum absolute atomic E-state index is 5.42. The van der Waals surface area contributed by atoms with Gasteiger partial charge in [-0.25, -0.2) is 4.98 Å². The van der Waals surface area contributed by atoms with Crippen molar-refractivity contribution in [3.63, 3.8) is 0 Å². The minimum atomic E-state index is 0.948. The highest BCUT2D eigenvalue weighted by molar-refractivity contribution is 6.42. The molecular formula is C42H25N5. The van der Waals surface area contributed by atoms with Crippen LogP contribution in [0.4, 0.5) is 0 Å². The number of nitrogens with zero attached hydrogens (tertiary/aromatic N) is 5. The van der Waals surface area contributed by atoms with E-state index in [0.29, 0.717) is 0 Å². The van der Waals surface area contributed by atoms with Crippen molar-refractivity contribution in [2.75, 3.05) is 0 Å². The molecule has 47 heavy (non-hydrogen) atoms. The highest BCUT2D eigenvalue weighted by Gasteiger charge is 2.28. The number of imidazole rings is 1. The smallest absolute Gasteiger partial charge is 0.148 e. The van der Waals surface area contributed by atoms with E-state index in [9.17, 15) is 0 Å². The second-order valence-corrected chi connectivity index (χ2v) is 12.2. The number of hydrogen-bond donors (Lipinski definition) is 0. The summed E-state index contributed by atoms with van der Waals surface area (Å²) in [6, 6.07) is 49.7. The fourth-order valence-electron chi connectivity index (χ4n) is 8.08. The molecule has 218 valence electrons. The van der Waals surface area contributed by atoms with E-state index in [0.717, 1.165) is 55.4 Å². The van der Waals surface area contributed by atoms with Gasteiger partial charge in [-0.15, -0.1) is 0 Å². The molecule has 11 aromatic rings. The Morgan fingerprint density at radius 2 is 0.957 bits per heavy atom. The Morgan fingerprint density at radius 1 is 0.404 bits per heavy atom. The molecule has 0 radical (unpaired) electrons. The maximum atomic E-state index is 5.42. The number of para-hydroxylation sites is 6. The van der Waals surface area contributed by atoms with Crippen LogP contribution in [0.15, 0.2) is 152 Å². The van der Waals surface area contributed by atoms with Crippen molar-refractivity contribution in [3.05, 3.63) is 152 Å². The van der Waals surface area contributed by atoms with Crippen molar-refractivity contribution < 1.29 is 0 Å². The van der Waals surface area contributed by atoms with Gasteiger partial charge in [-0.05, 0) is 54.6 Å². The van der Waals surface area contributed by atoms with E-state index in [-0.39, 0.29) is 0 Å². The Morgan fingerprint density at radius 3 is 1.64 bits per heavy atom. The van der Waals surface area contributed by atoms with Gasteiger partial charge in [0.1, 0.15) is 5.65 Å². The molecule has 0 N–H and O–H groups in total. The molecule has 5 heteroatoms. The maximum Gasteiger partial charge on any atom is 0.148 e. The van der Waals surface area contributed by atoms with E-state index < -0.39 is 0 Å². The van der Waals surface area contributed by atoms with Gasteiger partial charge in [-0.1, -0.05) is 84.9 Å². The lowest BCUT2D eigenvalue weighted by molar-refractivity contribution is 1.18. The van der Waals surface area contributed by atoms with Crippen LogP contribution in [0.2, 0.25) is 0 Å². The van der Waals surface area contributed by atoms with Crippen LogP contribution in [-0.4, -0.2) is 23.5 Å². The molecule has 0 saturated carbocycles. The summed E-state index contributed by atoms with van der Waals surface area (Å²) in [5.41, 5.74) is 11.0. The zero-order valence-electron chi connectivity index (χ0n) is 25.2. The van der Waals surface area contributed by atoms with E-state index in [1.54, 1.807) is 0 Å². The lowest BCUT2D eigenvalue weighted by atomic mass is 9.97. The Hall–Kier alpha value is -6.46. The van der Waals surface area contributed by atoms with Crippen LogP contribution in [0.5, 0.6) is 0 Å². The molecule has 0 unspecified atom stereocenters. The monoisotopic (exact) mass is 599 g/mol. The number of hydrogen-bond acceptors (Lipinski definition) is 2. The van der Waals surface area contributed by atoms with Crippen LogP contribution in [0, 0.1) is 0 Å². The third-order valence-electron chi connectivity index (χ3n) is 9.84. The van der Waals surface area contributed by atoms with E-state index in [4.69, 9.17) is 9.97 Å². The molecule has 0 spiro atoms. The normalized spacial score (nSPS) is 12.3. The standard InChI is InChI=1S/C42H25N5/c1-3-13-26(14-4-1)45-32-20-10-7-17-28(32)37-36-30-25-43-24-23-34(30)47-35-22-12-9-19-31(35)44-42(47)39(36)41-38(40(37)45)29-18-8-11-21-33(29)46(41)27-15-5-2-6-16-27/h1-25H. The topological polar surface area (TPSA) is 40.1 Å². The molecule has 0 amide bonds. The Balaban J connectivity index is 1.59. The molecular weight excluding hydrogens is 574 g/mol. The third kappa shape index (κ3) is 3.12. The van der Waals surface area contributed by atoms with E-state index in [2.05, 4.69) is 153 Å².